The van der Waals surface area contributed by atoms with E-state index >= 15 is 0 Å². The maximum Gasteiger partial charge on any atom is 0.0486 e. The largest absolute Gasteiger partial charge is 0.399 e. The summed E-state index contributed by atoms with van der Waals surface area (Å²) in [6.45, 7) is 2.12. The average molecular weight is 373 g/mol. The average Bonchev–Trinajstić information content (AvgIpc) is 2.33. The Labute approximate surface area is 126 Å². The highest BCUT2D eigenvalue weighted by molar-refractivity contribution is 14.1. The predicted octanol–water partition coefficient (Wildman–Crippen LogP) is 4.70. The van der Waals surface area contributed by atoms with Gasteiger partial charge in [-0.15, -0.1) is 0 Å². The number of rotatable bonds is 3. The highest BCUT2D eigenvalue weighted by Crippen LogP contribution is 2.26. The van der Waals surface area contributed by atoms with E-state index in [0.717, 1.165) is 20.0 Å². The first kappa shape index (κ1) is 13.5. The van der Waals surface area contributed by atoms with Crippen LogP contribution in [-0.4, -0.2) is 0 Å². The fourth-order valence-corrected chi connectivity index (χ4v) is 2.54. The Morgan fingerprint density at radius 2 is 1.83 bits per heavy atom. The van der Waals surface area contributed by atoms with Crippen LogP contribution in [0.5, 0.6) is 0 Å². The lowest BCUT2D eigenvalue weighted by molar-refractivity contribution is 0.883. The summed E-state index contributed by atoms with van der Waals surface area (Å²) in [7, 11) is 0. The Kier molecular flexibility index (Phi) is 4.35. The Bertz CT molecular complexity index is 540. The molecule has 94 valence electrons. The third-order valence-electron chi connectivity index (χ3n) is 2.74. The van der Waals surface area contributed by atoms with E-state index in [1.54, 1.807) is 0 Å². The molecule has 2 nitrogen and oxygen atoms in total. The number of benzene rings is 2. The molecule has 0 bridgehead atoms. The summed E-state index contributed by atoms with van der Waals surface area (Å²) in [5.74, 6) is 0. The van der Waals surface area contributed by atoms with Gasteiger partial charge in [-0.05, 0) is 65.4 Å². The van der Waals surface area contributed by atoms with E-state index in [2.05, 4.69) is 34.8 Å². The number of nitrogens with two attached hydrogens (primary N) is 1. The van der Waals surface area contributed by atoms with E-state index in [-0.39, 0.29) is 6.04 Å². The van der Waals surface area contributed by atoms with Gasteiger partial charge in [-0.1, -0.05) is 23.7 Å². The molecule has 2 rings (SSSR count). The lowest BCUT2D eigenvalue weighted by Gasteiger charge is -2.17. The number of anilines is 2. The zero-order valence-electron chi connectivity index (χ0n) is 9.95. The fourth-order valence-electron chi connectivity index (χ4n) is 1.72. The third kappa shape index (κ3) is 3.29. The van der Waals surface area contributed by atoms with Crippen molar-refractivity contribution < 1.29 is 0 Å². The lowest BCUT2D eigenvalue weighted by atomic mass is 10.1. The molecule has 2 aromatic rings. The van der Waals surface area contributed by atoms with Crippen LogP contribution in [-0.2, 0) is 0 Å². The summed E-state index contributed by atoms with van der Waals surface area (Å²) in [5.41, 5.74) is 8.81. The van der Waals surface area contributed by atoms with Gasteiger partial charge in [0.1, 0.15) is 0 Å². The van der Waals surface area contributed by atoms with Crippen LogP contribution < -0.4 is 11.1 Å². The first-order valence-electron chi connectivity index (χ1n) is 5.63. The predicted molar refractivity (Wildman–Crippen MR) is 87.1 cm³/mol. The second kappa shape index (κ2) is 5.80. The molecule has 0 fully saturated rings. The van der Waals surface area contributed by atoms with Crippen LogP contribution in [0.1, 0.15) is 18.5 Å². The smallest absolute Gasteiger partial charge is 0.0486 e. The number of hydrogen-bond acceptors (Lipinski definition) is 2. The molecule has 0 radical (unpaired) electrons. The topological polar surface area (TPSA) is 38.0 Å². The molecular formula is C14H14ClIN2. The molecule has 18 heavy (non-hydrogen) atoms. The van der Waals surface area contributed by atoms with Crippen LogP contribution in [0.4, 0.5) is 11.4 Å². The zero-order chi connectivity index (χ0) is 13.1. The van der Waals surface area contributed by atoms with Gasteiger partial charge in [0, 0.05) is 26.0 Å². The van der Waals surface area contributed by atoms with E-state index < -0.39 is 0 Å². The Morgan fingerprint density at radius 3 is 2.44 bits per heavy atom. The van der Waals surface area contributed by atoms with Gasteiger partial charge in [0.15, 0.2) is 0 Å². The fraction of sp³-hybridized carbons (Fsp3) is 0.143. The quantitative estimate of drug-likeness (QED) is 0.605. The third-order valence-corrected chi connectivity index (χ3v) is 3.88. The monoisotopic (exact) mass is 372 g/mol. The SMILES string of the molecule is CC(Nc1ccc(N)cc1I)c1ccc(Cl)cc1. The van der Waals surface area contributed by atoms with E-state index in [0.29, 0.717) is 0 Å². The summed E-state index contributed by atoms with van der Waals surface area (Å²) < 4.78 is 1.12. The van der Waals surface area contributed by atoms with E-state index in [9.17, 15) is 0 Å². The molecule has 2 aromatic carbocycles. The lowest BCUT2D eigenvalue weighted by Crippen LogP contribution is -2.07. The van der Waals surface area contributed by atoms with Crippen molar-refractivity contribution in [1.29, 1.82) is 0 Å². The van der Waals surface area contributed by atoms with Crippen LogP contribution in [0.25, 0.3) is 0 Å². The molecule has 0 aliphatic heterocycles. The minimum Gasteiger partial charge on any atom is -0.399 e. The molecule has 0 spiro atoms. The van der Waals surface area contributed by atoms with Gasteiger partial charge >= 0.3 is 0 Å². The van der Waals surface area contributed by atoms with Crippen molar-refractivity contribution in [3.63, 3.8) is 0 Å². The van der Waals surface area contributed by atoms with Crippen LogP contribution in [0.3, 0.4) is 0 Å². The van der Waals surface area contributed by atoms with Crippen LogP contribution >= 0.6 is 34.2 Å². The van der Waals surface area contributed by atoms with Crippen molar-refractivity contribution in [2.75, 3.05) is 11.1 Å². The summed E-state index contributed by atoms with van der Waals surface area (Å²) in [5, 5.41) is 4.22. The molecule has 0 amide bonds. The maximum atomic E-state index is 5.88. The summed E-state index contributed by atoms with van der Waals surface area (Å²) >= 11 is 8.16. The van der Waals surface area contributed by atoms with Crippen molar-refractivity contribution in [3.05, 3.63) is 56.6 Å². The molecule has 0 saturated heterocycles. The first-order chi connectivity index (χ1) is 8.56. The summed E-state index contributed by atoms with van der Waals surface area (Å²) in [6, 6.07) is 14.0. The highest BCUT2D eigenvalue weighted by Gasteiger charge is 2.07. The van der Waals surface area contributed by atoms with Gasteiger partial charge < -0.3 is 11.1 Å². The molecular weight excluding hydrogens is 359 g/mol. The standard InChI is InChI=1S/C14H14ClIN2/c1-9(10-2-4-11(15)5-3-10)18-14-7-6-12(17)8-13(14)16/h2-9,18H,17H2,1H3. The number of hydrogen-bond donors (Lipinski definition) is 2. The Hall–Kier alpha value is -0.940. The molecule has 4 heteroatoms. The van der Waals surface area contributed by atoms with E-state index in [1.165, 1.54) is 5.56 Å². The van der Waals surface area contributed by atoms with Gasteiger partial charge in [0.25, 0.3) is 0 Å². The zero-order valence-corrected chi connectivity index (χ0v) is 12.9. The van der Waals surface area contributed by atoms with E-state index in [1.807, 2.05) is 42.5 Å². The normalized spacial score (nSPS) is 12.2. The number of nitrogen functional groups attached to an aromatic ring is 1. The van der Waals surface area contributed by atoms with Crippen molar-refractivity contribution in [2.45, 2.75) is 13.0 Å². The number of halogens is 2. The Balaban J connectivity index is 2.15. The molecule has 0 aliphatic carbocycles. The second-order valence-electron chi connectivity index (χ2n) is 4.16. The minimum absolute atomic E-state index is 0.222. The number of nitrogens with one attached hydrogen (secondary N) is 1. The van der Waals surface area contributed by atoms with Gasteiger partial charge in [-0.3, -0.25) is 0 Å². The molecule has 3 N–H and O–H groups in total. The van der Waals surface area contributed by atoms with Crippen molar-refractivity contribution in [2.24, 2.45) is 0 Å². The minimum atomic E-state index is 0.222. The van der Waals surface area contributed by atoms with Crippen LogP contribution in [0.2, 0.25) is 5.02 Å². The summed E-state index contributed by atoms with van der Waals surface area (Å²) in [6.07, 6.45) is 0. The molecule has 0 heterocycles. The molecule has 0 aromatic heterocycles. The van der Waals surface area contributed by atoms with Crippen molar-refractivity contribution in [3.8, 4) is 0 Å². The van der Waals surface area contributed by atoms with Crippen molar-refractivity contribution >= 4 is 45.6 Å². The molecule has 0 aliphatic rings. The van der Waals surface area contributed by atoms with Gasteiger partial charge in [0.2, 0.25) is 0 Å². The molecule has 1 atom stereocenters. The molecule has 1 unspecified atom stereocenters. The van der Waals surface area contributed by atoms with Crippen molar-refractivity contribution in [1.82, 2.24) is 0 Å². The van der Waals surface area contributed by atoms with Gasteiger partial charge in [-0.2, -0.15) is 0 Å². The highest BCUT2D eigenvalue weighted by atomic mass is 127. The second-order valence-corrected chi connectivity index (χ2v) is 5.76. The summed E-state index contributed by atoms with van der Waals surface area (Å²) in [4.78, 5) is 0. The maximum absolute atomic E-state index is 5.88. The van der Waals surface area contributed by atoms with Gasteiger partial charge in [-0.25, -0.2) is 0 Å². The van der Waals surface area contributed by atoms with E-state index in [4.69, 9.17) is 17.3 Å². The van der Waals surface area contributed by atoms with Gasteiger partial charge in [0.05, 0.1) is 0 Å². The van der Waals surface area contributed by atoms with Crippen LogP contribution in [0.15, 0.2) is 42.5 Å². The van der Waals surface area contributed by atoms with Crippen LogP contribution in [0, 0.1) is 3.57 Å². The Morgan fingerprint density at radius 1 is 1.17 bits per heavy atom. The first-order valence-corrected chi connectivity index (χ1v) is 7.09. The molecule has 0 saturated carbocycles.